The van der Waals surface area contributed by atoms with Gasteiger partial charge in [-0.15, -0.1) is 0 Å². The Bertz CT molecular complexity index is 222. The summed E-state index contributed by atoms with van der Waals surface area (Å²) in [5.74, 6) is 0. The summed E-state index contributed by atoms with van der Waals surface area (Å²) in [6.07, 6.45) is 0.923. The maximum Gasteiger partial charge on any atom is 0.500 e. The van der Waals surface area contributed by atoms with E-state index in [1.807, 2.05) is 21.0 Å². The van der Waals surface area contributed by atoms with Gasteiger partial charge in [-0.3, -0.25) is 4.99 Å². The Morgan fingerprint density at radius 1 is 1.12 bits per heavy atom. The molecule has 0 aromatic carbocycles. The molecule has 0 fully saturated rings. The lowest BCUT2D eigenvalue weighted by molar-refractivity contribution is 0.123. The second-order valence-electron chi connectivity index (χ2n) is 4.25. The Balaban J connectivity index is 3.97. The van der Waals surface area contributed by atoms with Crippen molar-refractivity contribution in [3.8, 4) is 0 Å². The number of nitrogens with zero attached hydrogens (tertiary/aromatic N) is 2. The number of hydrogen-bond acceptors (Lipinski definition) is 5. The quantitative estimate of drug-likeness (QED) is 0.357. The number of aliphatic imine (C=N–C) groups is 1. The lowest BCUT2D eigenvalue weighted by atomic mass is 10.4. The molecule has 0 saturated heterocycles. The van der Waals surface area contributed by atoms with Crippen LogP contribution in [0.1, 0.15) is 13.3 Å². The van der Waals surface area contributed by atoms with Crippen molar-refractivity contribution in [3.63, 3.8) is 0 Å². The van der Waals surface area contributed by atoms with Crippen LogP contribution in [0.5, 0.6) is 0 Å². The van der Waals surface area contributed by atoms with E-state index in [1.165, 1.54) is 0 Å². The van der Waals surface area contributed by atoms with Crippen molar-refractivity contribution in [2.45, 2.75) is 19.4 Å². The fourth-order valence-electron chi connectivity index (χ4n) is 1.63. The van der Waals surface area contributed by atoms with E-state index >= 15 is 0 Å². The predicted molar refractivity (Wildman–Crippen MR) is 72.7 cm³/mol. The van der Waals surface area contributed by atoms with Crippen LogP contribution in [0, 0.1) is 0 Å². The lowest BCUT2D eigenvalue weighted by Gasteiger charge is -2.23. The minimum Gasteiger partial charge on any atom is -0.377 e. The van der Waals surface area contributed by atoms with Gasteiger partial charge < -0.3 is 18.2 Å². The second kappa shape index (κ2) is 8.76. The van der Waals surface area contributed by atoms with Gasteiger partial charge in [-0.25, -0.2) is 0 Å². The van der Waals surface area contributed by atoms with Crippen LogP contribution in [0.3, 0.4) is 0 Å². The molecule has 0 aromatic heterocycles. The van der Waals surface area contributed by atoms with Crippen molar-refractivity contribution in [2.75, 3.05) is 48.5 Å². The fraction of sp³-hybridized carbons (Fsp3) is 0.909. The topological polar surface area (TPSA) is 43.3 Å². The van der Waals surface area contributed by atoms with Crippen LogP contribution >= 0.6 is 0 Å². The highest BCUT2D eigenvalue weighted by Gasteiger charge is 2.36. The third-order valence-electron chi connectivity index (χ3n) is 2.50. The molecular formula is C11H26N2O3Si. The predicted octanol–water partition coefficient (Wildman–Crippen LogP) is 1.28. The molecule has 102 valence electrons. The average Bonchev–Trinajstić information content (AvgIpc) is 2.29. The summed E-state index contributed by atoms with van der Waals surface area (Å²) >= 11 is 0. The van der Waals surface area contributed by atoms with Crippen LogP contribution in [-0.2, 0) is 13.3 Å². The number of hydrogen-bond donors (Lipinski definition) is 0. The molecule has 0 unspecified atom stereocenters. The van der Waals surface area contributed by atoms with Gasteiger partial charge in [-0.05, 0) is 27.4 Å². The van der Waals surface area contributed by atoms with Gasteiger partial charge >= 0.3 is 8.80 Å². The first-order valence-electron chi connectivity index (χ1n) is 5.79. The molecular weight excluding hydrogens is 236 g/mol. The van der Waals surface area contributed by atoms with Gasteiger partial charge in [0.05, 0.1) is 0 Å². The summed E-state index contributed by atoms with van der Waals surface area (Å²) in [6.45, 7) is 3.75. The molecule has 0 saturated carbocycles. The Morgan fingerprint density at radius 3 is 2.06 bits per heavy atom. The summed E-state index contributed by atoms with van der Waals surface area (Å²) in [4.78, 5) is 6.61. The van der Waals surface area contributed by atoms with E-state index in [0.717, 1.165) is 31.3 Å². The average molecular weight is 262 g/mol. The Morgan fingerprint density at radius 2 is 1.65 bits per heavy atom. The zero-order valence-electron chi connectivity index (χ0n) is 11.9. The van der Waals surface area contributed by atoms with Gasteiger partial charge in [-0.2, -0.15) is 0 Å². The minimum absolute atomic E-state index is 0.796. The van der Waals surface area contributed by atoms with E-state index in [9.17, 15) is 0 Å². The molecule has 0 aliphatic heterocycles. The SMILES string of the molecule is CO[Si](CCCN=C(C)CN(C)C)(OC)OC. The highest BCUT2D eigenvalue weighted by Crippen LogP contribution is 2.14. The van der Waals surface area contributed by atoms with E-state index in [-0.39, 0.29) is 0 Å². The third-order valence-corrected chi connectivity index (χ3v) is 5.33. The standard InChI is InChI=1S/C11H26N2O3Si/c1-11(10-13(2)3)12-8-7-9-17(14-4,15-5)16-6/h7-10H2,1-6H3. The van der Waals surface area contributed by atoms with Gasteiger partial charge in [0, 0.05) is 46.2 Å². The molecule has 0 heterocycles. The van der Waals surface area contributed by atoms with Crippen LogP contribution in [-0.4, -0.2) is 67.9 Å². The third kappa shape index (κ3) is 6.90. The smallest absolute Gasteiger partial charge is 0.377 e. The maximum atomic E-state index is 5.35. The summed E-state index contributed by atoms with van der Waals surface area (Å²) in [5.41, 5.74) is 1.15. The molecule has 0 aliphatic carbocycles. The van der Waals surface area contributed by atoms with Crippen molar-refractivity contribution in [2.24, 2.45) is 4.99 Å². The molecule has 17 heavy (non-hydrogen) atoms. The maximum absolute atomic E-state index is 5.35. The highest BCUT2D eigenvalue weighted by molar-refractivity contribution is 6.60. The first-order chi connectivity index (χ1) is 7.99. The van der Waals surface area contributed by atoms with Crippen LogP contribution in [0.15, 0.2) is 4.99 Å². The fourth-order valence-corrected chi connectivity index (χ4v) is 3.33. The molecule has 0 aliphatic rings. The molecule has 0 amide bonds. The Hall–Kier alpha value is -0.273. The van der Waals surface area contributed by atoms with Gasteiger partial charge in [-0.1, -0.05) is 0 Å². The number of rotatable bonds is 9. The van der Waals surface area contributed by atoms with E-state index in [1.54, 1.807) is 21.3 Å². The highest BCUT2D eigenvalue weighted by atomic mass is 28.4. The van der Waals surface area contributed by atoms with Crippen molar-refractivity contribution in [1.29, 1.82) is 0 Å². The molecule has 0 rings (SSSR count). The molecule has 0 atom stereocenters. The van der Waals surface area contributed by atoms with Crippen LogP contribution in [0.2, 0.25) is 6.04 Å². The Labute approximate surface area is 106 Å². The van der Waals surface area contributed by atoms with E-state index in [0.29, 0.717) is 0 Å². The van der Waals surface area contributed by atoms with Crippen molar-refractivity contribution >= 4 is 14.5 Å². The van der Waals surface area contributed by atoms with E-state index in [4.69, 9.17) is 13.3 Å². The molecule has 0 bridgehead atoms. The Kier molecular flexibility index (Phi) is 8.62. The van der Waals surface area contributed by atoms with E-state index in [2.05, 4.69) is 9.89 Å². The lowest BCUT2D eigenvalue weighted by Crippen LogP contribution is -2.42. The van der Waals surface area contributed by atoms with Gasteiger partial charge in [0.15, 0.2) is 0 Å². The first kappa shape index (κ1) is 16.7. The molecule has 0 spiro atoms. The summed E-state index contributed by atoms with van der Waals surface area (Å²) < 4.78 is 16.0. The summed E-state index contributed by atoms with van der Waals surface area (Å²) in [7, 11) is 6.59. The largest absolute Gasteiger partial charge is 0.500 e. The first-order valence-corrected chi connectivity index (χ1v) is 7.73. The van der Waals surface area contributed by atoms with E-state index < -0.39 is 8.80 Å². The normalized spacial score (nSPS) is 13.5. The van der Waals surface area contributed by atoms with Crippen molar-refractivity contribution in [1.82, 2.24) is 4.90 Å². The second-order valence-corrected chi connectivity index (χ2v) is 7.34. The van der Waals surface area contributed by atoms with Crippen LogP contribution < -0.4 is 0 Å². The van der Waals surface area contributed by atoms with Gasteiger partial charge in [0.1, 0.15) is 0 Å². The molecule has 0 aromatic rings. The zero-order valence-corrected chi connectivity index (χ0v) is 12.9. The minimum atomic E-state index is -2.40. The van der Waals surface area contributed by atoms with Gasteiger partial charge in [0.25, 0.3) is 0 Å². The monoisotopic (exact) mass is 262 g/mol. The molecule has 0 radical (unpaired) electrons. The molecule has 6 heteroatoms. The summed E-state index contributed by atoms with van der Waals surface area (Å²) in [5, 5.41) is 0. The van der Waals surface area contributed by atoms with Crippen LogP contribution in [0.4, 0.5) is 0 Å². The molecule has 0 N–H and O–H groups in total. The van der Waals surface area contributed by atoms with Gasteiger partial charge in [0.2, 0.25) is 0 Å². The zero-order chi connectivity index (χ0) is 13.3. The van der Waals surface area contributed by atoms with Crippen molar-refractivity contribution < 1.29 is 13.3 Å². The van der Waals surface area contributed by atoms with Crippen LogP contribution in [0.25, 0.3) is 0 Å². The summed E-state index contributed by atoms with van der Waals surface area (Å²) in [6, 6.07) is 0.801. The van der Waals surface area contributed by atoms with Crippen molar-refractivity contribution in [3.05, 3.63) is 0 Å². The molecule has 5 nitrogen and oxygen atoms in total.